The summed E-state index contributed by atoms with van der Waals surface area (Å²) in [5.74, 6) is -1.40. The second-order valence-corrected chi connectivity index (χ2v) is 9.18. The third kappa shape index (κ3) is 2.14. The second kappa shape index (κ2) is 5.40. The van der Waals surface area contributed by atoms with E-state index in [9.17, 15) is 30.6 Å². The first kappa shape index (κ1) is 17.3. The SMILES string of the molecule is Oc1ccc(C23CC4CC(C2)CC(c2ccc(O)c(O)c2O)(C4)C3)c(O)c1O. The Balaban J connectivity index is 1.67. The number of aromatic hydroxyl groups is 6. The van der Waals surface area contributed by atoms with Crippen molar-refractivity contribution >= 4 is 0 Å². The highest BCUT2D eigenvalue weighted by atomic mass is 16.3. The molecule has 28 heavy (non-hydrogen) atoms. The predicted octanol–water partition coefficient (Wildman–Crippen LogP) is 3.71. The second-order valence-electron chi connectivity index (χ2n) is 9.18. The average molecular weight is 384 g/mol. The highest BCUT2D eigenvalue weighted by Crippen LogP contribution is 2.68. The molecule has 4 bridgehead atoms. The maximum Gasteiger partial charge on any atom is 0.200 e. The minimum absolute atomic E-state index is 0.269. The van der Waals surface area contributed by atoms with Gasteiger partial charge in [0, 0.05) is 22.0 Å². The molecule has 4 aliphatic rings. The van der Waals surface area contributed by atoms with Crippen LogP contribution in [0.15, 0.2) is 24.3 Å². The summed E-state index contributed by atoms with van der Waals surface area (Å²) in [5, 5.41) is 60.8. The smallest absolute Gasteiger partial charge is 0.200 e. The van der Waals surface area contributed by atoms with E-state index in [0.29, 0.717) is 29.4 Å². The fourth-order valence-electron chi connectivity index (χ4n) is 6.89. The Bertz CT molecular complexity index is 892. The predicted molar refractivity (Wildman–Crippen MR) is 101 cm³/mol. The summed E-state index contributed by atoms with van der Waals surface area (Å²) >= 11 is 0. The Kier molecular flexibility index (Phi) is 3.35. The van der Waals surface area contributed by atoms with Crippen molar-refractivity contribution in [2.24, 2.45) is 11.8 Å². The van der Waals surface area contributed by atoms with Gasteiger partial charge in [-0.2, -0.15) is 0 Å². The molecule has 0 unspecified atom stereocenters. The summed E-state index contributed by atoms with van der Waals surface area (Å²) in [4.78, 5) is 0. The average Bonchev–Trinajstić information content (AvgIpc) is 2.63. The molecule has 2 aromatic carbocycles. The fourth-order valence-corrected chi connectivity index (χ4v) is 6.89. The Morgan fingerprint density at radius 2 is 0.964 bits per heavy atom. The van der Waals surface area contributed by atoms with Gasteiger partial charge in [-0.05, 0) is 62.5 Å². The van der Waals surface area contributed by atoms with Crippen molar-refractivity contribution in [3.05, 3.63) is 35.4 Å². The topological polar surface area (TPSA) is 121 Å². The van der Waals surface area contributed by atoms with Crippen molar-refractivity contribution < 1.29 is 30.6 Å². The van der Waals surface area contributed by atoms with Crippen molar-refractivity contribution in [2.45, 2.75) is 49.4 Å². The first-order valence-electron chi connectivity index (χ1n) is 9.73. The maximum absolute atomic E-state index is 10.6. The molecule has 2 aromatic rings. The molecule has 0 spiro atoms. The normalized spacial score (nSPS) is 33.3. The quantitative estimate of drug-likeness (QED) is 0.439. The molecular weight excluding hydrogens is 360 g/mol. The lowest BCUT2D eigenvalue weighted by Gasteiger charge is -2.62. The van der Waals surface area contributed by atoms with Gasteiger partial charge in [-0.25, -0.2) is 0 Å². The molecular formula is C22H24O6. The van der Waals surface area contributed by atoms with E-state index in [2.05, 4.69) is 0 Å². The Morgan fingerprint density at radius 1 is 0.571 bits per heavy atom. The molecule has 4 fully saturated rings. The molecule has 0 amide bonds. The number of benzene rings is 2. The van der Waals surface area contributed by atoms with Gasteiger partial charge in [0.1, 0.15) is 0 Å². The van der Waals surface area contributed by atoms with E-state index in [1.54, 1.807) is 12.1 Å². The molecule has 4 aliphatic carbocycles. The van der Waals surface area contributed by atoms with E-state index in [0.717, 1.165) is 32.1 Å². The molecule has 6 heteroatoms. The first-order valence-corrected chi connectivity index (χ1v) is 9.73. The van der Waals surface area contributed by atoms with Crippen LogP contribution in [0.1, 0.15) is 49.7 Å². The largest absolute Gasteiger partial charge is 0.504 e. The van der Waals surface area contributed by atoms with Gasteiger partial charge in [0.15, 0.2) is 23.0 Å². The van der Waals surface area contributed by atoms with E-state index in [4.69, 9.17) is 0 Å². The minimum atomic E-state index is -0.493. The zero-order chi connectivity index (χ0) is 19.8. The summed E-state index contributed by atoms with van der Waals surface area (Å²) in [6.07, 6.45) is 5.30. The summed E-state index contributed by atoms with van der Waals surface area (Å²) < 4.78 is 0. The summed E-state index contributed by atoms with van der Waals surface area (Å²) in [6, 6.07) is 6.22. The van der Waals surface area contributed by atoms with Gasteiger partial charge in [0.05, 0.1) is 0 Å². The standard InChI is InChI=1S/C22H24O6/c23-15-3-1-13(17(25)19(15)27)21-6-11-5-12(7-21)9-22(8-11,10-21)14-2-4-16(24)20(28)18(14)26/h1-4,11-12,23-28H,5-10H2. The van der Waals surface area contributed by atoms with Gasteiger partial charge in [-0.1, -0.05) is 12.1 Å². The molecule has 4 saturated carbocycles. The number of hydrogen-bond donors (Lipinski definition) is 6. The lowest BCUT2D eigenvalue weighted by Crippen LogP contribution is -2.55. The molecule has 0 aromatic heterocycles. The van der Waals surface area contributed by atoms with Crippen LogP contribution in [0.2, 0.25) is 0 Å². The van der Waals surface area contributed by atoms with Crippen molar-refractivity contribution in [1.29, 1.82) is 0 Å². The Hall–Kier alpha value is -2.76. The minimum Gasteiger partial charge on any atom is -0.504 e. The number of rotatable bonds is 2. The van der Waals surface area contributed by atoms with Crippen LogP contribution < -0.4 is 0 Å². The monoisotopic (exact) mass is 384 g/mol. The van der Waals surface area contributed by atoms with Gasteiger partial charge < -0.3 is 30.6 Å². The molecule has 0 aliphatic heterocycles. The number of phenolic OH excluding ortho intramolecular Hbond substituents is 6. The van der Waals surface area contributed by atoms with Gasteiger partial charge >= 0.3 is 0 Å². The number of hydrogen-bond acceptors (Lipinski definition) is 6. The highest BCUT2D eigenvalue weighted by molar-refractivity contribution is 5.59. The molecule has 0 saturated heterocycles. The summed E-state index contributed by atoms with van der Waals surface area (Å²) in [6.45, 7) is 0. The molecule has 6 rings (SSSR count). The van der Waals surface area contributed by atoms with Crippen LogP contribution in [0, 0.1) is 11.8 Å². The molecule has 0 atom stereocenters. The third-order valence-corrected chi connectivity index (χ3v) is 7.46. The van der Waals surface area contributed by atoms with Crippen LogP contribution in [-0.2, 0) is 10.8 Å². The van der Waals surface area contributed by atoms with Crippen LogP contribution in [-0.4, -0.2) is 30.6 Å². The molecule has 6 nitrogen and oxygen atoms in total. The molecule has 148 valence electrons. The zero-order valence-electron chi connectivity index (χ0n) is 15.4. The summed E-state index contributed by atoms with van der Waals surface area (Å²) in [7, 11) is 0. The summed E-state index contributed by atoms with van der Waals surface area (Å²) in [5.41, 5.74) is 0.561. The van der Waals surface area contributed by atoms with Crippen LogP contribution in [0.5, 0.6) is 34.5 Å². The zero-order valence-corrected chi connectivity index (χ0v) is 15.4. The molecule has 0 heterocycles. The van der Waals surface area contributed by atoms with Gasteiger partial charge in [-0.15, -0.1) is 0 Å². The van der Waals surface area contributed by atoms with Crippen molar-refractivity contribution in [2.75, 3.05) is 0 Å². The van der Waals surface area contributed by atoms with Gasteiger partial charge in [0.2, 0.25) is 11.5 Å². The van der Waals surface area contributed by atoms with Gasteiger partial charge in [-0.3, -0.25) is 0 Å². The van der Waals surface area contributed by atoms with Crippen LogP contribution >= 0.6 is 0 Å². The number of phenols is 6. The lowest BCUT2D eigenvalue weighted by molar-refractivity contribution is -0.0299. The molecule has 0 radical (unpaired) electrons. The molecule has 6 N–H and O–H groups in total. The van der Waals surface area contributed by atoms with E-state index in [1.807, 2.05) is 0 Å². The fraction of sp³-hybridized carbons (Fsp3) is 0.455. The highest BCUT2D eigenvalue weighted by Gasteiger charge is 2.60. The van der Waals surface area contributed by atoms with E-state index in [-0.39, 0.29) is 33.8 Å². The van der Waals surface area contributed by atoms with Crippen LogP contribution in [0.4, 0.5) is 0 Å². The lowest BCUT2D eigenvalue weighted by atomic mass is 9.41. The van der Waals surface area contributed by atoms with E-state index >= 15 is 0 Å². The Labute approximate surface area is 162 Å². The van der Waals surface area contributed by atoms with E-state index < -0.39 is 11.5 Å². The van der Waals surface area contributed by atoms with Crippen molar-refractivity contribution in [3.8, 4) is 34.5 Å². The Morgan fingerprint density at radius 3 is 1.36 bits per heavy atom. The van der Waals surface area contributed by atoms with Crippen molar-refractivity contribution in [1.82, 2.24) is 0 Å². The van der Waals surface area contributed by atoms with Crippen LogP contribution in [0.25, 0.3) is 0 Å². The van der Waals surface area contributed by atoms with Crippen molar-refractivity contribution in [3.63, 3.8) is 0 Å². The maximum atomic E-state index is 10.6. The van der Waals surface area contributed by atoms with Gasteiger partial charge in [0.25, 0.3) is 0 Å². The third-order valence-electron chi connectivity index (χ3n) is 7.46. The van der Waals surface area contributed by atoms with E-state index in [1.165, 1.54) is 12.1 Å². The van der Waals surface area contributed by atoms with Crippen LogP contribution in [0.3, 0.4) is 0 Å². The first-order chi connectivity index (χ1) is 13.2.